The molecule has 0 radical (unpaired) electrons. The van der Waals surface area contributed by atoms with Crippen molar-refractivity contribution in [2.24, 2.45) is 4.99 Å². The van der Waals surface area contributed by atoms with Crippen molar-refractivity contribution in [1.29, 1.82) is 0 Å². The number of carbonyl (C=O) groups is 1. The number of benzene rings is 4. The van der Waals surface area contributed by atoms with Gasteiger partial charge in [0.25, 0.3) is 5.91 Å². The maximum absolute atomic E-state index is 13.9. The summed E-state index contributed by atoms with van der Waals surface area (Å²) in [6.07, 6.45) is 1.72. The molecule has 0 saturated carbocycles. The molecule has 4 aromatic rings. The predicted molar refractivity (Wildman–Crippen MR) is 174 cm³/mol. The molecule has 9 heteroatoms. The molecule has 4 aromatic carbocycles. The number of anilines is 1. The van der Waals surface area contributed by atoms with Gasteiger partial charge in [-0.1, -0.05) is 88.4 Å². The number of ether oxygens (including phenoxy) is 1. The zero-order chi connectivity index (χ0) is 29.3. The van der Waals surface area contributed by atoms with Crippen molar-refractivity contribution in [1.82, 2.24) is 0 Å². The predicted octanol–water partition coefficient (Wildman–Crippen LogP) is 10.6. The minimum absolute atomic E-state index is 0.271. The lowest BCUT2D eigenvalue weighted by atomic mass is 10.1. The molecule has 1 fully saturated rings. The van der Waals surface area contributed by atoms with Crippen LogP contribution in [0.1, 0.15) is 27.8 Å². The van der Waals surface area contributed by atoms with Gasteiger partial charge in [0.1, 0.15) is 12.4 Å². The third kappa shape index (κ3) is 6.77. The molecule has 0 atom stereocenters. The summed E-state index contributed by atoms with van der Waals surface area (Å²) < 4.78 is 6.15. The van der Waals surface area contributed by atoms with Gasteiger partial charge in [-0.3, -0.25) is 9.69 Å². The Balaban J connectivity index is 1.56. The smallest absolute Gasteiger partial charge is 0.271 e. The SMILES string of the molecule is Cc1ccc(COc2c(Cl)cc(Cl)cc2/C=C2/SC(=Nc3ccc(C)c(Cl)c3)N(c3ccc(C)c(Cl)c3)C2=O)cc1. The Bertz CT molecular complexity index is 1720. The number of rotatable bonds is 6. The van der Waals surface area contributed by atoms with Gasteiger partial charge in [0.15, 0.2) is 5.17 Å². The zero-order valence-corrected chi connectivity index (χ0v) is 26.2. The van der Waals surface area contributed by atoms with Gasteiger partial charge in [-0.05, 0) is 91.7 Å². The summed E-state index contributed by atoms with van der Waals surface area (Å²) in [6, 6.07) is 22.4. The summed E-state index contributed by atoms with van der Waals surface area (Å²) in [5.74, 6) is 0.158. The van der Waals surface area contributed by atoms with Crippen LogP contribution in [0, 0.1) is 20.8 Å². The highest BCUT2D eigenvalue weighted by atomic mass is 35.5. The van der Waals surface area contributed by atoms with E-state index in [1.54, 1.807) is 30.3 Å². The van der Waals surface area contributed by atoms with Crippen molar-refractivity contribution in [3.63, 3.8) is 0 Å². The van der Waals surface area contributed by atoms with Crippen LogP contribution in [0.5, 0.6) is 5.75 Å². The number of thioether (sulfide) groups is 1. The summed E-state index contributed by atoms with van der Waals surface area (Å²) in [6.45, 7) is 6.15. The van der Waals surface area contributed by atoms with E-state index >= 15 is 0 Å². The van der Waals surface area contributed by atoms with E-state index in [-0.39, 0.29) is 5.91 Å². The summed E-state index contributed by atoms with van der Waals surface area (Å²) in [4.78, 5) is 20.6. The Morgan fingerprint density at radius 2 is 1.51 bits per heavy atom. The lowest BCUT2D eigenvalue weighted by Crippen LogP contribution is -2.28. The average molecular weight is 642 g/mol. The monoisotopic (exact) mass is 640 g/mol. The minimum Gasteiger partial charge on any atom is -0.487 e. The van der Waals surface area contributed by atoms with Crippen LogP contribution < -0.4 is 9.64 Å². The van der Waals surface area contributed by atoms with Crippen LogP contribution in [-0.2, 0) is 11.4 Å². The van der Waals surface area contributed by atoms with Crippen molar-refractivity contribution in [3.05, 3.63) is 126 Å². The van der Waals surface area contributed by atoms with Crippen molar-refractivity contribution < 1.29 is 9.53 Å². The van der Waals surface area contributed by atoms with Gasteiger partial charge in [-0.15, -0.1) is 0 Å². The molecule has 5 rings (SSSR count). The number of halogens is 4. The summed E-state index contributed by atoms with van der Waals surface area (Å²) in [5, 5.41) is 2.36. The normalized spacial score (nSPS) is 15.3. The molecule has 1 aliphatic rings. The van der Waals surface area contributed by atoms with Crippen molar-refractivity contribution in [3.8, 4) is 5.75 Å². The van der Waals surface area contributed by atoms with Crippen molar-refractivity contribution in [2.75, 3.05) is 4.90 Å². The van der Waals surface area contributed by atoms with Gasteiger partial charge in [0.2, 0.25) is 0 Å². The molecule has 1 aliphatic heterocycles. The summed E-state index contributed by atoms with van der Waals surface area (Å²) >= 11 is 27.0. The number of amidine groups is 1. The Kier molecular flexibility index (Phi) is 9.03. The highest BCUT2D eigenvalue weighted by molar-refractivity contribution is 8.19. The molecule has 1 heterocycles. The lowest BCUT2D eigenvalue weighted by Gasteiger charge is -2.17. The molecule has 0 aromatic heterocycles. The number of hydrogen-bond acceptors (Lipinski definition) is 4. The fraction of sp³-hybridized carbons (Fsp3) is 0.125. The Labute approximate surface area is 263 Å². The first kappa shape index (κ1) is 29.6. The van der Waals surface area contributed by atoms with E-state index in [1.807, 2.05) is 69.3 Å². The molecule has 1 amide bonds. The van der Waals surface area contributed by atoms with Crippen LogP contribution in [0.4, 0.5) is 11.4 Å². The summed E-state index contributed by atoms with van der Waals surface area (Å²) in [5.41, 5.74) is 5.77. The maximum atomic E-state index is 13.9. The van der Waals surface area contributed by atoms with E-state index in [2.05, 4.69) is 0 Å². The van der Waals surface area contributed by atoms with E-state index in [4.69, 9.17) is 56.1 Å². The van der Waals surface area contributed by atoms with Gasteiger partial charge < -0.3 is 4.74 Å². The van der Waals surface area contributed by atoms with Gasteiger partial charge in [0, 0.05) is 20.6 Å². The molecule has 0 unspecified atom stereocenters. The molecule has 0 aliphatic carbocycles. The number of hydrogen-bond donors (Lipinski definition) is 0. The first-order valence-corrected chi connectivity index (χ1v) is 14.9. The van der Waals surface area contributed by atoms with E-state index in [0.717, 1.165) is 22.3 Å². The number of aliphatic imine (C=N–C) groups is 1. The first-order chi connectivity index (χ1) is 19.6. The fourth-order valence-electron chi connectivity index (χ4n) is 4.08. The molecular formula is C32H24Cl4N2O2S. The number of aryl methyl sites for hydroxylation is 3. The zero-order valence-electron chi connectivity index (χ0n) is 22.3. The maximum Gasteiger partial charge on any atom is 0.271 e. The first-order valence-electron chi connectivity index (χ1n) is 12.6. The largest absolute Gasteiger partial charge is 0.487 e. The van der Waals surface area contributed by atoms with Crippen LogP contribution in [0.2, 0.25) is 20.1 Å². The quantitative estimate of drug-likeness (QED) is 0.197. The van der Waals surface area contributed by atoms with Gasteiger partial charge >= 0.3 is 0 Å². The fourth-order valence-corrected chi connectivity index (χ4v) is 5.98. The van der Waals surface area contributed by atoms with E-state index in [9.17, 15) is 4.79 Å². The molecule has 1 saturated heterocycles. The molecule has 208 valence electrons. The molecule has 4 nitrogen and oxygen atoms in total. The molecule has 0 bridgehead atoms. The average Bonchev–Trinajstić information content (AvgIpc) is 3.22. The van der Waals surface area contributed by atoms with Crippen molar-refractivity contribution in [2.45, 2.75) is 27.4 Å². The number of nitrogens with zero attached hydrogens (tertiary/aromatic N) is 2. The third-order valence-corrected chi connectivity index (χ3v) is 8.71. The Hall–Kier alpha value is -2.93. The summed E-state index contributed by atoms with van der Waals surface area (Å²) in [7, 11) is 0. The van der Waals surface area contributed by atoms with E-state index in [1.165, 1.54) is 16.7 Å². The molecular weight excluding hydrogens is 618 g/mol. The van der Waals surface area contributed by atoms with Gasteiger partial charge in [0.05, 0.1) is 21.3 Å². The number of amides is 1. The van der Waals surface area contributed by atoms with Crippen LogP contribution in [0.3, 0.4) is 0 Å². The topological polar surface area (TPSA) is 41.9 Å². The van der Waals surface area contributed by atoms with Crippen molar-refractivity contribution >= 4 is 86.7 Å². The van der Waals surface area contributed by atoms with Gasteiger partial charge in [-0.25, -0.2) is 4.99 Å². The molecule has 41 heavy (non-hydrogen) atoms. The molecule has 0 N–H and O–H groups in total. The highest BCUT2D eigenvalue weighted by Crippen LogP contribution is 2.41. The second kappa shape index (κ2) is 12.5. The van der Waals surface area contributed by atoms with Crippen LogP contribution in [-0.4, -0.2) is 11.1 Å². The second-order valence-corrected chi connectivity index (χ2v) is 12.3. The van der Waals surface area contributed by atoms with Crippen LogP contribution >= 0.6 is 58.2 Å². The minimum atomic E-state index is -0.271. The standard InChI is InChI=1S/C32H24Cl4N2O2S/c1-18-4-8-21(9-5-18)17-40-30-22(12-23(33)14-28(30)36)13-29-31(39)38(25-11-7-20(3)27(35)16-25)32(41-29)37-24-10-6-19(2)26(34)15-24/h4-16H,17H2,1-3H3/b29-13+,37-32?. The molecule has 0 spiro atoms. The van der Waals surface area contributed by atoms with E-state index in [0.29, 0.717) is 59.5 Å². The van der Waals surface area contributed by atoms with Gasteiger partial charge in [-0.2, -0.15) is 0 Å². The van der Waals surface area contributed by atoms with Crippen LogP contribution in [0.15, 0.2) is 82.7 Å². The van der Waals surface area contributed by atoms with Crippen LogP contribution in [0.25, 0.3) is 6.08 Å². The third-order valence-electron chi connectivity index (χ3n) is 6.43. The second-order valence-electron chi connectivity index (χ2n) is 9.59. The van der Waals surface area contributed by atoms with E-state index < -0.39 is 0 Å². The Morgan fingerprint density at radius 1 is 0.829 bits per heavy atom. The highest BCUT2D eigenvalue weighted by Gasteiger charge is 2.35. The Morgan fingerprint density at radius 3 is 2.20 bits per heavy atom. The number of carbonyl (C=O) groups excluding carboxylic acids is 1. The lowest BCUT2D eigenvalue weighted by molar-refractivity contribution is -0.113.